The van der Waals surface area contributed by atoms with E-state index >= 15 is 0 Å². The van der Waals surface area contributed by atoms with Gasteiger partial charge < -0.3 is 4.74 Å². The number of ketones is 1. The predicted octanol–water partition coefficient (Wildman–Crippen LogP) is 3.28. The van der Waals surface area contributed by atoms with E-state index in [1.54, 1.807) is 0 Å². The minimum atomic E-state index is -1.02. The van der Waals surface area contributed by atoms with Crippen molar-refractivity contribution in [2.45, 2.75) is 44.1 Å². The summed E-state index contributed by atoms with van der Waals surface area (Å²) in [5.41, 5.74) is -1.29. The lowest BCUT2D eigenvalue weighted by atomic mass is 9.86. The fourth-order valence-electron chi connectivity index (χ4n) is 2.66. The van der Waals surface area contributed by atoms with Crippen LogP contribution in [0.15, 0.2) is 12.3 Å². The average molecular weight is 269 g/mol. The second-order valence-electron chi connectivity index (χ2n) is 4.93. The topological polar surface area (TPSA) is 39.2 Å². The number of methoxy groups -OCH3 is 1. The third-order valence-electron chi connectivity index (χ3n) is 3.78. The van der Waals surface area contributed by atoms with Crippen molar-refractivity contribution >= 4 is 5.78 Å². The Labute approximate surface area is 111 Å². The number of aromatic nitrogens is 1. The minimum absolute atomic E-state index is 0.267. The van der Waals surface area contributed by atoms with Gasteiger partial charge >= 0.3 is 0 Å². The zero-order valence-electron chi connectivity index (χ0n) is 10.9. The fraction of sp³-hybridized carbons (Fsp3) is 0.571. The number of Topliss-reactive ketones (excluding diaryl/α,β-unsaturated/α-hetero) is 1. The molecule has 3 nitrogen and oxygen atoms in total. The Morgan fingerprint density at radius 1 is 1.26 bits per heavy atom. The number of carbonyl (C=O) groups excluding carboxylic acids is 1. The summed E-state index contributed by atoms with van der Waals surface area (Å²) >= 11 is 0. The number of rotatable bonds is 3. The highest BCUT2D eigenvalue weighted by molar-refractivity contribution is 6.02. The van der Waals surface area contributed by atoms with Crippen LogP contribution in [0.3, 0.4) is 0 Å². The number of nitrogens with zero attached hydrogens (tertiary/aromatic N) is 1. The van der Waals surface area contributed by atoms with Gasteiger partial charge in [-0.05, 0) is 12.8 Å². The van der Waals surface area contributed by atoms with E-state index < -0.39 is 23.1 Å². The molecule has 0 saturated heterocycles. The molecule has 0 atom stereocenters. The largest absolute Gasteiger partial charge is 0.370 e. The maximum Gasteiger partial charge on any atom is 0.213 e. The van der Waals surface area contributed by atoms with Crippen molar-refractivity contribution in [1.29, 1.82) is 0 Å². The van der Waals surface area contributed by atoms with Crippen LogP contribution >= 0.6 is 0 Å². The molecule has 1 aromatic rings. The van der Waals surface area contributed by atoms with Gasteiger partial charge in [-0.15, -0.1) is 0 Å². The van der Waals surface area contributed by atoms with Crippen LogP contribution < -0.4 is 0 Å². The quantitative estimate of drug-likeness (QED) is 0.480. The van der Waals surface area contributed by atoms with Crippen LogP contribution in [0.5, 0.6) is 0 Å². The van der Waals surface area contributed by atoms with E-state index in [0.717, 1.165) is 37.9 Å². The summed E-state index contributed by atoms with van der Waals surface area (Å²) in [6.07, 6.45) is 5.61. The Kier molecular flexibility index (Phi) is 4.24. The van der Waals surface area contributed by atoms with E-state index in [1.807, 2.05) is 0 Å². The van der Waals surface area contributed by atoms with Gasteiger partial charge in [-0.3, -0.25) is 4.79 Å². The monoisotopic (exact) mass is 269 g/mol. The van der Waals surface area contributed by atoms with E-state index in [2.05, 4.69) is 4.98 Å². The van der Waals surface area contributed by atoms with Gasteiger partial charge in [-0.2, -0.15) is 4.39 Å². The lowest BCUT2D eigenvalue weighted by Gasteiger charge is -2.29. The molecular formula is C14H17F2NO2. The van der Waals surface area contributed by atoms with Gasteiger partial charge in [0, 0.05) is 13.2 Å². The molecule has 1 aliphatic rings. The number of carbonyl (C=O) groups is 1. The summed E-state index contributed by atoms with van der Waals surface area (Å²) in [7, 11) is 1.46. The zero-order valence-corrected chi connectivity index (χ0v) is 10.9. The highest BCUT2D eigenvalue weighted by atomic mass is 19.1. The number of hydrogen-bond donors (Lipinski definition) is 0. The molecule has 0 spiro atoms. The maximum absolute atomic E-state index is 13.7. The van der Waals surface area contributed by atoms with Crippen molar-refractivity contribution in [1.82, 2.24) is 4.98 Å². The Balaban J connectivity index is 2.36. The molecule has 1 fully saturated rings. The van der Waals surface area contributed by atoms with Gasteiger partial charge in [0.1, 0.15) is 5.60 Å². The number of ether oxygens (including phenoxy) is 1. The van der Waals surface area contributed by atoms with Gasteiger partial charge in [0.05, 0.1) is 11.8 Å². The minimum Gasteiger partial charge on any atom is -0.370 e. The Morgan fingerprint density at radius 3 is 2.47 bits per heavy atom. The summed E-state index contributed by atoms with van der Waals surface area (Å²) < 4.78 is 32.2. The maximum atomic E-state index is 13.7. The van der Waals surface area contributed by atoms with Crippen molar-refractivity contribution in [2.75, 3.05) is 7.11 Å². The predicted molar refractivity (Wildman–Crippen MR) is 65.9 cm³/mol. The Morgan fingerprint density at radius 2 is 1.89 bits per heavy atom. The second-order valence-corrected chi connectivity index (χ2v) is 4.93. The van der Waals surface area contributed by atoms with Gasteiger partial charge in [0.15, 0.2) is 11.6 Å². The fourth-order valence-corrected chi connectivity index (χ4v) is 2.66. The first-order valence-electron chi connectivity index (χ1n) is 6.50. The smallest absolute Gasteiger partial charge is 0.213 e. The average Bonchev–Trinajstić information content (AvgIpc) is 2.67. The molecule has 0 aliphatic heterocycles. The summed E-state index contributed by atoms with van der Waals surface area (Å²) in [6, 6.07) is 0.851. The summed E-state index contributed by atoms with van der Waals surface area (Å²) in [6.45, 7) is 0. The van der Waals surface area contributed by atoms with Crippen LogP contribution in [0.1, 0.15) is 48.9 Å². The van der Waals surface area contributed by atoms with Gasteiger partial charge in [-0.25, -0.2) is 9.37 Å². The molecule has 1 heterocycles. The molecule has 0 aromatic carbocycles. The van der Waals surface area contributed by atoms with Gasteiger partial charge in [-0.1, -0.05) is 25.7 Å². The molecule has 104 valence electrons. The van der Waals surface area contributed by atoms with Crippen LogP contribution in [0, 0.1) is 11.8 Å². The molecule has 1 saturated carbocycles. The molecular weight excluding hydrogens is 252 g/mol. The van der Waals surface area contributed by atoms with Crippen LogP contribution in [0.2, 0.25) is 0 Å². The van der Waals surface area contributed by atoms with Crippen molar-refractivity contribution in [2.24, 2.45) is 0 Å². The normalized spacial score (nSPS) is 18.9. The highest BCUT2D eigenvalue weighted by Crippen LogP contribution is 2.33. The molecule has 0 N–H and O–H groups in total. The van der Waals surface area contributed by atoms with Crippen LogP contribution in [0.4, 0.5) is 8.78 Å². The number of pyridine rings is 1. The van der Waals surface area contributed by atoms with E-state index in [4.69, 9.17) is 4.74 Å². The van der Waals surface area contributed by atoms with E-state index in [-0.39, 0.29) is 5.56 Å². The molecule has 0 bridgehead atoms. The molecule has 0 amide bonds. The highest BCUT2D eigenvalue weighted by Gasteiger charge is 2.40. The third-order valence-corrected chi connectivity index (χ3v) is 3.78. The molecule has 0 unspecified atom stereocenters. The standard InChI is InChI=1S/C14H17F2NO2/c1-19-14(6-4-2-3-5-7-14)13(18)10-8-12(16)17-9-11(10)15/h8-9H,2-7H2,1H3. The molecule has 19 heavy (non-hydrogen) atoms. The molecule has 1 aliphatic carbocycles. The first-order chi connectivity index (χ1) is 9.09. The molecule has 0 radical (unpaired) electrons. The van der Waals surface area contributed by atoms with Crippen molar-refractivity contribution in [3.63, 3.8) is 0 Å². The van der Waals surface area contributed by atoms with E-state index in [9.17, 15) is 13.6 Å². The van der Waals surface area contributed by atoms with Crippen molar-refractivity contribution in [3.8, 4) is 0 Å². The van der Waals surface area contributed by atoms with Crippen LogP contribution in [-0.2, 0) is 4.74 Å². The lowest BCUT2D eigenvalue weighted by molar-refractivity contribution is -0.00727. The lowest BCUT2D eigenvalue weighted by Crippen LogP contribution is -2.40. The Bertz CT molecular complexity index is 469. The SMILES string of the molecule is COC1(C(=O)c2cc(F)ncc2F)CCCCCC1. The van der Waals surface area contributed by atoms with Crippen LogP contribution in [-0.4, -0.2) is 23.5 Å². The first-order valence-corrected chi connectivity index (χ1v) is 6.50. The zero-order chi connectivity index (χ0) is 13.9. The van der Waals surface area contributed by atoms with E-state index in [0.29, 0.717) is 12.8 Å². The summed E-state index contributed by atoms with van der Waals surface area (Å²) in [5, 5.41) is 0. The van der Waals surface area contributed by atoms with E-state index in [1.165, 1.54) is 7.11 Å². The second kappa shape index (κ2) is 5.74. The van der Waals surface area contributed by atoms with Crippen LogP contribution in [0.25, 0.3) is 0 Å². The molecule has 2 rings (SSSR count). The number of hydrogen-bond acceptors (Lipinski definition) is 3. The molecule has 5 heteroatoms. The third kappa shape index (κ3) is 2.81. The number of halogens is 2. The Hall–Kier alpha value is -1.36. The van der Waals surface area contributed by atoms with Gasteiger partial charge in [0.2, 0.25) is 5.95 Å². The summed E-state index contributed by atoms with van der Waals surface area (Å²) in [5.74, 6) is -2.13. The van der Waals surface area contributed by atoms with Crippen molar-refractivity contribution in [3.05, 3.63) is 29.6 Å². The molecule has 1 aromatic heterocycles. The van der Waals surface area contributed by atoms with Crippen molar-refractivity contribution < 1.29 is 18.3 Å². The first kappa shape index (κ1) is 14.1. The summed E-state index contributed by atoms with van der Waals surface area (Å²) in [4.78, 5) is 15.7. The van der Waals surface area contributed by atoms with Gasteiger partial charge in [0.25, 0.3) is 0 Å².